The first-order chi connectivity index (χ1) is 10.1. The molecule has 3 nitrogen and oxygen atoms in total. The third-order valence-electron chi connectivity index (χ3n) is 4.79. The van der Waals surface area contributed by atoms with E-state index in [1.165, 1.54) is 5.39 Å². The fourth-order valence-electron chi connectivity index (χ4n) is 3.41. The molecule has 3 rings (SSSR count). The van der Waals surface area contributed by atoms with Gasteiger partial charge in [0.25, 0.3) is 0 Å². The highest BCUT2D eigenvalue weighted by atomic mass is 16.3. The molecule has 0 bridgehead atoms. The largest absolute Gasteiger partial charge is 0.508 e. The molecule has 0 unspecified atom stereocenters. The van der Waals surface area contributed by atoms with E-state index in [-0.39, 0.29) is 0 Å². The van der Waals surface area contributed by atoms with Crippen LogP contribution in [0.25, 0.3) is 10.8 Å². The van der Waals surface area contributed by atoms with Crippen LogP contribution in [0.4, 0.5) is 0 Å². The van der Waals surface area contributed by atoms with Gasteiger partial charge in [-0.2, -0.15) is 0 Å². The number of aromatic hydroxyl groups is 1. The van der Waals surface area contributed by atoms with Crippen molar-refractivity contribution in [3.63, 3.8) is 0 Å². The molecule has 1 fully saturated rings. The molecule has 0 aliphatic heterocycles. The zero-order valence-electron chi connectivity index (χ0n) is 12.6. The van der Waals surface area contributed by atoms with Gasteiger partial charge in [-0.15, -0.1) is 0 Å². The van der Waals surface area contributed by atoms with Crippen molar-refractivity contribution in [3.05, 3.63) is 42.0 Å². The predicted octanol–water partition coefficient (Wildman–Crippen LogP) is 3.25. The Morgan fingerprint density at radius 1 is 1.10 bits per heavy atom. The van der Waals surface area contributed by atoms with Gasteiger partial charge in [-0.3, -0.25) is 4.90 Å². The average molecular weight is 284 g/mol. The maximum absolute atomic E-state index is 10.3. The number of nitrogens with two attached hydrogens (primary N) is 1. The van der Waals surface area contributed by atoms with E-state index in [4.69, 9.17) is 5.73 Å². The van der Waals surface area contributed by atoms with Gasteiger partial charge in [-0.05, 0) is 49.6 Å². The zero-order valence-corrected chi connectivity index (χ0v) is 12.6. The molecule has 0 radical (unpaired) electrons. The van der Waals surface area contributed by atoms with E-state index >= 15 is 0 Å². The van der Waals surface area contributed by atoms with E-state index in [0.717, 1.165) is 43.2 Å². The van der Waals surface area contributed by atoms with Gasteiger partial charge in [0.05, 0.1) is 0 Å². The Morgan fingerprint density at radius 2 is 1.81 bits per heavy atom. The molecule has 1 saturated carbocycles. The van der Waals surface area contributed by atoms with Gasteiger partial charge in [-0.25, -0.2) is 0 Å². The Hall–Kier alpha value is -1.58. The molecule has 0 spiro atoms. The topological polar surface area (TPSA) is 49.5 Å². The summed E-state index contributed by atoms with van der Waals surface area (Å²) in [5, 5.41) is 12.6. The van der Waals surface area contributed by atoms with Crippen LogP contribution in [0, 0.1) is 0 Å². The summed E-state index contributed by atoms with van der Waals surface area (Å²) in [4.78, 5) is 2.37. The summed E-state index contributed by atoms with van der Waals surface area (Å²) in [6.07, 6.45) is 4.53. The third kappa shape index (κ3) is 3.04. The van der Waals surface area contributed by atoms with Crippen LogP contribution >= 0.6 is 0 Å². The van der Waals surface area contributed by atoms with E-state index in [0.29, 0.717) is 17.8 Å². The average Bonchev–Trinajstić information content (AvgIpc) is 2.51. The molecular weight excluding hydrogens is 260 g/mol. The Bertz CT molecular complexity index is 618. The van der Waals surface area contributed by atoms with Crippen molar-refractivity contribution in [3.8, 4) is 5.75 Å². The van der Waals surface area contributed by atoms with E-state index in [9.17, 15) is 5.11 Å². The zero-order chi connectivity index (χ0) is 14.8. The number of phenols is 1. The highest BCUT2D eigenvalue weighted by molar-refractivity contribution is 5.87. The van der Waals surface area contributed by atoms with Crippen molar-refractivity contribution < 1.29 is 5.11 Å². The van der Waals surface area contributed by atoms with E-state index in [1.807, 2.05) is 24.3 Å². The summed E-state index contributed by atoms with van der Waals surface area (Å²) in [7, 11) is 2.16. The molecule has 0 heterocycles. The second-order valence-corrected chi connectivity index (χ2v) is 6.27. The van der Waals surface area contributed by atoms with Gasteiger partial charge >= 0.3 is 0 Å². The smallest absolute Gasteiger partial charge is 0.120 e. The summed E-state index contributed by atoms with van der Waals surface area (Å²) >= 11 is 0. The Balaban J connectivity index is 1.82. The molecule has 0 saturated heterocycles. The molecule has 0 aromatic heterocycles. The fourth-order valence-corrected chi connectivity index (χ4v) is 3.41. The van der Waals surface area contributed by atoms with E-state index in [1.54, 1.807) is 0 Å². The lowest BCUT2D eigenvalue weighted by atomic mass is 9.90. The molecule has 0 atom stereocenters. The Kier molecular flexibility index (Phi) is 4.13. The minimum atomic E-state index is 0.376. The summed E-state index contributed by atoms with van der Waals surface area (Å²) in [5.74, 6) is 0.396. The number of fused-ring (bicyclic) bond motifs is 1. The monoisotopic (exact) mass is 284 g/mol. The summed E-state index contributed by atoms with van der Waals surface area (Å²) in [5.41, 5.74) is 7.02. The summed E-state index contributed by atoms with van der Waals surface area (Å²) in [6.45, 7) is 0.785. The fraction of sp³-hybridized carbons (Fsp3) is 0.444. The van der Waals surface area contributed by atoms with E-state index < -0.39 is 0 Å². The molecule has 21 heavy (non-hydrogen) atoms. The van der Waals surface area contributed by atoms with E-state index in [2.05, 4.69) is 24.1 Å². The number of hydrogen-bond donors (Lipinski definition) is 2. The lowest BCUT2D eigenvalue weighted by molar-refractivity contribution is 0.175. The van der Waals surface area contributed by atoms with Crippen molar-refractivity contribution in [2.24, 2.45) is 5.73 Å². The van der Waals surface area contributed by atoms with Crippen LogP contribution in [0.3, 0.4) is 0 Å². The van der Waals surface area contributed by atoms with Crippen molar-refractivity contribution in [1.82, 2.24) is 4.90 Å². The number of nitrogens with zero attached hydrogens (tertiary/aromatic N) is 1. The Morgan fingerprint density at radius 3 is 2.57 bits per heavy atom. The number of phenolic OH excluding ortho intramolecular Hbond substituents is 1. The predicted molar refractivity (Wildman–Crippen MR) is 87.3 cm³/mol. The highest BCUT2D eigenvalue weighted by Crippen LogP contribution is 2.30. The highest BCUT2D eigenvalue weighted by Gasteiger charge is 2.22. The van der Waals surface area contributed by atoms with Crippen molar-refractivity contribution in [2.75, 3.05) is 7.05 Å². The standard InChI is InChI=1S/C18H24N2O/c1-20(15-9-7-14(19)8-10-15)12-17-16-5-3-2-4-13(16)6-11-18(17)21/h2-6,11,14-15,21H,7-10,12,19H2,1H3. The van der Waals surface area contributed by atoms with Gasteiger partial charge in [0, 0.05) is 24.2 Å². The van der Waals surface area contributed by atoms with Crippen molar-refractivity contribution in [2.45, 2.75) is 44.3 Å². The maximum atomic E-state index is 10.3. The number of rotatable bonds is 3. The van der Waals surface area contributed by atoms with Gasteiger partial charge < -0.3 is 10.8 Å². The van der Waals surface area contributed by atoms with Crippen LogP contribution < -0.4 is 5.73 Å². The molecule has 2 aromatic carbocycles. The number of benzene rings is 2. The molecule has 3 N–H and O–H groups in total. The van der Waals surface area contributed by atoms with Gasteiger partial charge in [0.1, 0.15) is 5.75 Å². The van der Waals surface area contributed by atoms with Crippen LogP contribution in [0.1, 0.15) is 31.2 Å². The third-order valence-corrected chi connectivity index (χ3v) is 4.79. The molecule has 2 aromatic rings. The quantitative estimate of drug-likeness (QED) is 0.909. The van der Waals surface area contributed by atoms with Crippen LogP contribution in [-0.2, 0) is 6.54 Å². The maximum Gasteiger partial charge on any atom is 0.120 e. The number of hydrogen-bond acceptors (Lipinski definition) is 3. The lowest BCUT2D eigenvalue weighted by Crippen LogP contribution is -2.38. The van der Waals surface area contributed by atoms with Crippen LogP contribution in [0.5, 0.6) is 5.75 Å². The minimum absolute atomic E-state index is 0.376. The second kappa shape index (κ2) is 6.04. The molecule has 1 aliphatic carbocycles. The van der Waals surface area contributed by atoms with Crippen LogP contribution in [0.2, 0.25) is 0 Å². The second-order valence-electron chi connectivity index (χ2n) is 6.27. The van der Waals surface area contributed by atoms with Crippen molar-refractivity contribution >= 4 is 10.8 Å². The van der Waals surface area contributed by atoms with Gasteiger partial charge in [0.2, 0.25) is 0 Å². The summed E-state index contributed by atoms with van der Waals surface area (Å²) in [6, 6.07) is 13.0. The Labute approximate surface area is 126 Å². The van der Waals surface area contributed by atoms with Gasteiger partial charge in [-0.1, -0.05) is 30.3 Å². The first-order valence-electron chi connectivity index (χ1n) is 7.80. The molecule has 0 amide bonds. The first-order valence-corrected chi connectivity index (χ1v) is 7.80. The van der Waals surface area contributed by atoms with Crippen molar-refractivity contribution in [1.29, 1.82) is 0 Å². The summed E-state index contributed by atoms with van der Waals surface area (Å²) < 4.78 is 0. The minimum Gasteiger partial charge on any atom is -0.508 e. The van der Waals surface area contributed by atoms with Crippen LogP contribution in [0.15, 0.2) is 36.4 Å². The molecular formula is C18H24N2O. The molecule has 1 aliphatic rings. The first kappa shape index (κ1) is 14.4. The lowest BCUT2D eigenvalue weighted by Gasteiger charge is -2.33. The van der Waals surface area contributed by atoms with Gasteiger partial charge in [0.15, 0.2) is 0 Å². The molecule has 112 valence electrons. The molecule has 3 heteroatoms. The normalized spacial score (nSPS) is 22.8. The SMILES string of the molecule is CN(Cc1c(O)ccc2ccccc12)C1CCC(N)CC1. The van der Waals surface area contributed by atoms with Crippen LogP contribution in [-0.4, -0.2) is 29.1 Å².